The Morgan fingerprint density at radius 1 is 0.326 bits per heavy atom. The average Bonchev–Trinajstić information content (AvgIpc) is 1.64. The lowest BCUT2D eigenvalue weighted by molar-refractivity contribution is -0.0651. The van der Waals surface area contributed by atoms with Gasteiger partial charge in [0.2, 0.25) is 17.8 Å². The van der Waals surface area contributed by atoms with Gasteiger partial charge in [0, 0.05) is 37.9 Å². The Bertz CT molecular complexity index is 6380. The third kappa shape index (κ3) is 18.6. The minimum absolute atomic E-state index is 0.0228. The number of hydrogen-bond acceptors (Lipinski definition) is 51. The quantitative estimate of drug-likeness (QED) is 0.0791. The van der Waals surface area contributed by atoms with Crippen molar-refractivity contribution >= 4 is 213 Å². The first-order valence-electron chi connectivity index (χ1n) is 38.1. The zero-order valence-corrected chi connectivity index (χ0v) is 75.9. The van der Waals surface area contributed by atoms with E-state index in [-0.39, 0.29) is 141 Å². The van der Waals surface area contributed by atoms with Crippen LogP contribution in [-0.4, -0.2) is 296 Å². The van der Waals surface area contributed by atoms with Gasteiger partial charge in [-0.05, 0) is 89.0 Å². The molecule has 60 nitrogen and oxygen atoms in total. The van der Waals surface area contributed by atoms with Crippen LogP contribution in [0.1, 0.15) is 56.6 Å². The predicted molar refractivity (Wildman–Crippen MR) is 456 cm³/mol. The van der Waals surface area contributed by atoms with Crippen molar-refractivity contribution in [3.63, 3.8) is 0 Å². The first-order chi connectivity index (χ1) is 62.7. The fourth-order valence-corrected chi connectivity index (χ4v) is 23.9. The highest BCUT2D eigenvalue weighted by molar-refractivity contribution is 8.08. The number of rotatable bonds is 6. The molecule has 12 aromatic heterocycles. The van der Waals surface area contributed by atoms with Gasteiger partial charge >= 0.3 is 40.3 Å². The second kappa shape index (κ2) is 35.9. The molecule has 9 aliphatic rings. The van der Waals surface area contributed by atoms with Crippen LogP contribution in [0.15, 0.2) is 51.2 Å². The summed E-state index contributed by atoms with van der Waals surface area (Å²) in [4.78, 5) is 134. The van der Waals surface area contributed by atoms with Gasteiger partial charge in [0.25, 0.3) is 16.7 Å². The molecule has 9 aliphatic heterocycles. The molecule has 21 N–H and O–H groups in total. The average molecular weight is 2080 g/mol. The summed E-state index contributed by atoms with van der Waals surface area (Å²) in [5.74, 6) is -0.608. The van der Waals surface area contributed by atoms with Crippen LogP contribution >= 0.6 is 40.3 Å². The van der Waals surface area contributed by atoms with Gasteiger partial charge in [-0.1, -0.05) is 31.3 Å². The van der Waals surface area contributed by atoms with Gasteiger partial charge in [0.1, 0.15) is 54.9 Å². The molecule has 27 atom stereocenters. The molecule has 0 radical (unpaired) electrons. The molecule has 21 rings (SSSR count). The first kappa shape index (κ1) is 93.1. The minimum atomic E-state index is -4.15. The van der Waals surface area contributed by atoms with Crippen LogP contribution < -0.4 is 51.1 Å². The number of nitrogens with zero attached hydrogens (tertiary/aromatic N) is 24. The minimum Gasteiger partial charge on any atom is -0.397 e. The van der Waals surface area contributed by atoms with Crippen molar-refractivity contribution in [1.29, 1.82) is 0 Å². The summed E-state index contributed by atoms with van der Waals surface area (Å²) >= 11 is 31.3. The van der Waals surface area contributed by atoms with Crippen molar-refractivity contribution in [3.8, 4) is 0 Å². The third-order valence-corrected chi connectivity index (χ3v) is 30.4. The summed E-state index contributed by atoms with van der Waals surface area (Å²) in [6, 6.07) is 4.51. The third-order valence-electron chi connectivity index (χ3n) is 21.0. The highest BCUT2D eigenvalue weighted by atomic mass is 32.5. The SMILES string of the molecule is Nc1nc2c(nnn2[C@@H]2O[C@@H]3COP(O)(=S)O[C@H]4[C@H](F)[C@H](n5nnc6c(N)ccnc65)O[C@@H]4COP(O)(=S)O[C@@H]2C3)c(=O)[nH]1.Nc1nc2c(nnn2[C@@H]2O[C@@H]3COP(O)(=S)O[C@H]4[C@H](F)[C@H](n5nnc6c(N)ccnc65)O[C@@H]4COP(O)(=S)O[C@@H]2C3)c(=O)[nH]1.Nc1nc2c(nnn2[C@@H]2O[C@@H]3COP(O)(=S)O[C@H]4[C@H](F)[C@H](n5nnc6c(N)ccnc65)O[C@@H]4COP(O)(=S)O[C@@H]2C3)c(=O)[nH]1. The molecular weight excluding hydrogens is 2010 g/mol. The molecule has 132 heavy (non-hydrogen) atoms. The van der Waals surface area contributed by atoms with Gasteiger partial charge in [-0.2, -0.15) is 43.0 Å². The van der Waals surface area contributed by atoms with Crippen LogP contribution in [0.25, 0.3) is 67.0 Å². The number of aromatic nitrogens is 27. The number of pyridine rings is 3. The lowest BCUT2D eigenvalue weighted by Crippen LogP contribution is -2.34. The largest absolute Gasteiger partial charge is 0.397 e. The number of H-pyrrole nitrogens is 3. The van der Waals surface area contributed by atoms with Crippen LogP contribution in [0.3, 0.4) is 0 Å². The number of nitrogens with two attached hydrogens (primary N) is 6. The maximum Gasteiger partial charge on any atom is 0.325 e. The number of halogens is 3. The summed E-state index contributed by atoms with van der Waals surface area (Å²) in [6.07, 6.45) is -23.9. The lowest BCUT2D eigenvalue weighted by atomic mass is 10.1. The molecule has 0 aromatic carbocycles. The van der Waals surface area contributed by atoms with E-state index in [1.165, 1.54) is 36.8 Å². The number of aromatic amines is 3. The predicted octanol–water partition coefficient (Wildman–Crippen LogP) is -2.12. The second-order valence-corrected chi connectivity index (χ2v) is 46.4. The molecule has 9 saturated heterocycles. The van der Waals surface area contributed by atoms with Gasteiger partial charge in [-0.15, -0.1) is 30.6 Å². The summed E-state index contributed by atoms with van der Waals surface area (Å²) in [6.45, 7) is -27.5. The highest BCUT2D eigenvalue weighted by Crippen LogP contribution is 2.59. The van der Waals surface area contributed by atoms with Crippen LogP contribution in [0.2, 0.25) is 0 Å². The summed E-state index contributed by atoms with van der Waals surface area (Å²) in [5.41, 5.74) is 34.2. The monoisotopic (exact) mass is 2080 g/mol. The first-order valence-corrected chi connectivity index (χ1v) is 53.7. The molecule has 9 fully saturated rings. The molecule has 708 valence electrons. The van der Waals surface area contributed by atoms with Gasteiger partial charge in [-0.3, -0.25) is 42.9 Å². The number of anilines is 6. The van der Waals surface area contributed by atoms with E-state index >= 15 is 13.2 Å². The smallest absolute Gasteiger partial charge is 0.325 e. The molecule has 0 spiro atoms. The van der Waals surface area contributed by atoms with Gasteiger partial charge in [0.15, 0.2) is 123 Å². The van der Waals surface area contributed by atoms with Gasteiger partial charge < -0.3 is 133 Å². The van der Waals surface area contributed by atoms with E-state index in [1.54, 1.807) is 0 Å². The summed E-state index contributed by atoms with van der Waals surface area (Å²) in [7, 11) is 0. The summed E-state index contributed by atoms with van der Waals surface area (Å²) in [5, 5.41) is 46.9. The van der Waals surface area contributed by atoms with E-state index < -0.39 is 206 Å². The Kier molecular flexibility index (Phi) is 25.3. The fourth-order valence-electron chi connectivity index (χ4n) is 15.2. The zero-order valence-electron chi connectivity index (χ0n) is 65.7. The van der Waals surface area contributed by atoms with Crippen molar-refractivity contribution in [2.24, 2.45) is 0 Å². The number of alkyl halides is 3. The molecule has 6 bridgehead atoms. The van der Waals surface area contributed by atoms with E-state index in [2.05, 4.69) is 107 Å². The number of ether oxygens (including phenoxy) is 6. The van der Waals surface area contributed by atoms with E-state index in [4.69, 9.17) is 188 Å². The molecule has 0 amide bonds. The molecule has 0 saturated carbocycles. The molecule has 75 heteroatoms. The Morgan fingerprint density at radius 2 is 0.561 bits per heavy atom. The van der Waals surface area contributed by atoms with Crippen LogP contribution in [0.4, 0.5) is 48.1 Å². The van der Waals surface area contributed by atoms with Crippen LogP contribution in [0.5, 0.6) is 0 Å². The van der Waals surface area contributed by atoms with Crippen molar-refractivity contribution in [2.45, 2.75) is 148 Å². The van der Waals surface area contributed by atoms with Crippen molar-refractivity contribution in [1.82, 2.24) is 135 Å². The Morgan fingerprint density at radius 3 is 0.826 bits per heavy atom. The van der Waals surface area contributed by atoms with Crippen molar-refractivity contribution < 1.29 is 125 Å². The Labute approximate surface area is 759 Å². The Hall–Kier alpha value is -7.98. The second-order valence-electron chi connectivity index (χ2n) is 29.7. The maximum atomic E-state index is 16.0. The Balaban J connectivity index is 0.000000128. The van der Waals surface area contributed by atoms with E-state index in [0.717, 1.165) is 28.1 Å². The van der Waals surface area contributed by atoms with E-state index in [1.807, 2.05) is 0 Å². The van der Waals surface area contributed by atoms with E-state index in [0.29, 0.717) is 0 Å². The lowest BCUT2D eigenvalue weighted by Gasteiger charge is -2.27. The maximum absolute atomic E-state index is 16.0. The number of nitrogen functional groups attached to an aromatic ring is 6. The number of nitrogens with one attached hydrogen (secondary N) is 3. The molecule has 0 aliphatic carbocycles. The van der Waals surface area contributed by atoms with E-state index in [9.17, 15) is 43.7 Å². The number of fused-ring (bicyclic) bond motifs is 15. The number of hydrogen-bond donors (Lipinski definition) is 15. The van der Waals surface area contributed by atoms with Crippen LogP contribution in [-0.2, 0) is 154 Å². The summed E-state index contributed by atoms with van der Waals surface area (Å²) < 4.78 is 158. The van der Waals surface area contributed by atoms with Crippen molar-refractivity contribution in [3.05, 3.63) is 67.9 Å². The fraction of sp³-hybridized carbons (Fsp3) is 0.526. The highest BCUT2D eigenvalue weighted by Gasteiger charge is 2.57. The standard InChI is InChI=1S/3C19H22FN11O9P2S2/c3*20-10-13-9(38-18(10)30-14-11(26-28-30)7(21)1-2-23-14)5-36-41(33,43)39-8-3-6(4-35-42(34,44)40-13)37-17(8)31-15-12(27-29-31)16(32)25-19(22)24-15/h3*1-2,6,8-10,13,17-18H,3-5H2,(H2,21,23)(H,33,43)(H,34,44)(H3,22,24,25,32)/t3*6-,8+,9+,10-,13+,17+,18+,41?,42?/m000/s1. The normalized spacial score (nSPS) is 36.6. The van der Waals surface area contributed by atoms with Crippen LogP contribution in [0, 0.1) is 0 Å². The molecular formula is C57H66F3N33O27P6S6. The van der Waals surface area contributed by atoms with Gasteiger partial charge in [0.05, 0.1) is 75.0 Å². The molecule has 21 heterocycles. The molecule has 6 unspecified atom stereocenters. The zero-order chi connectivity index (χ0) is 92.9. The van der Waals surface area contributed by atoms with Gasteiger partial charge in [-0.25, -0.2) is 28.1 Å². The van der Waals surface area contributed by atoms with Crippen molar-refractivity contribution in [2.75, 3.05) is 74.0 Å². The molecule has 12 aromatic rings. The topological polar surface area (TPSA) is 804 Å².